The Hall–Kier alpha value is -2.14. The van der Waals surface area contributed by atoms with Crippen molar-refractivity contribution in [2.24, 2.45) is 0 Å². The van der Waals surface area contributed by atoms with E-state index in [-0.39, 0.29) is 12.5 Å². The molecule has 1 aliphatic rings. The molecule has 0 atom stereocenters. The highest BCUT2D eigenvalue weighted by Crippen LogP contribution is 2.30. The number of hydrogen-bond acceptors (Lipinski definition) is 4. The Morgan fingerprint density at radius 3 is 2.81 bits per heavy atom. The van der Waals surface area contributed by atoms with E-state index in [9.17, 15) is 4.79 Å². The van der Waals surface area contributed by atoms with Crippen molar-refractivity contribution in [3.63, 3.8) is 0 Å². The van der Waals surface area contributed by atoms with Crippen LogP contribution < -0.4 is 15.4 Å². The summed E-state index contributed by atoms with van der Waals surface area (Å²) in [4.78, 5) is 12.6. The summed E-state index contributed by atoms with van der Waals surface area (Å²) in [6.07, 6.45) is 2.07. The highest BCUT2D eigenvalue weighted by atomic mass is 32.2. The molecule has 108 valence electrons. The summed E-state index contributed by atoms with van der Waals surface area (Å²) in [5.41, 5.74) is 2.88. The van der Waals surface area contributed by atoms with Gasteiger partial charge in [0.05, 0.1) is 5.69 Å². The van der Waals surface area contributed by atoms with Gasteiger partial charge in [-0.15, -0.1) is 11.8 Å². The van der Waals surface area contributed by atoms with Gasteiger partial charge in [0.2, 0.25) is 0 Å². The number of nitrogens with one attached hydrogen (secondary N) is 2. The summed E-state index contributed by atoms with van der Waals surface area (Å²) in [6, 6.07) is 14.2. The average molecular weight is 300 g/mol. The zero-order valence-electron chi connectivity index (χ0n) is 11.7. The van der Waals surface area contributed by atoms with Crippen LogP contribution in [0.2, 0.25) is 0 Å². The fourth-order valence-corrected chi connectivity index (χ4v) is 2.55. The lowest BCUT2D eigenvalue weighted by Gasteiger charge is -2.19. The second kappa shape index (κ2) is 6.10. The summed E-state index contributed by atoms with van der Waals surface area (Å²) in [5, 5.41) is 6.16. The van der Waals surface area contributed by atoms with Crippen molar-refractivity contribution < 1.29 is 9.53 Å². The van der Waals surface area contributed by atoms with Crippen LogP contribution in [0.5, 0.6) is 5.75 Å². The van der Waals surface area contributed by atoms with E-state index in [1.54, 1.807) is 11.8 Å². The molecule has 2 aromatic carbocycles. The maximum absolute atomic E-state index is 11.3. The third-order valence-corrected chi connectivity index (χ3v) is 4.01. The van der Waals surface area contributed by atoms with Crippen molar-refractivity contribution in [2.45, 2.75) is 11.4 Å². The summed E-state index contributed by atoms with van der Waals surface area (Å²) in [6.45, 7) is 0.823. The Bertz CT molecular complexity index is 656. The van der Waals surface area contributed by atoms with Crippen molar-refractivity contribution in [2.75, 3.05) is 23.5 Å². The molecule has 0 aromatic heterocycles. The highest BCUT2D eigenvalue weighted by molar-refractivity contribution is 7.98. The summed E-state index contributed by atoms with van der Waals surface area (Å²) in [7, 11) is 0. The second-order valence-electron chi connectivity index (χ2n) is 4.75. The van der Waals surface area contributed by atoms with E-state index in [2.05, 4.69) is 41.2 Å². The van der Waals surface area contributed by atoms with Gasteiger partial charge in [0.25, 0.3) is 5.91 Å². The molecule has 0 bridgehead atoms. The first-order valence-electron chi connectivity index (χ1n) is 6.68. The Labute approximate surface area is 127 Å². The predicted octanol–water partition coefficient (Wildman–Crippen LogP) is 3.35. The predicted molar refractivity (Wildman–Crippen MR) is 86.1 cm³/mol. The molecule has 0 radical (unpaired) electrons. The van der Waals surface area contributed by atoms with Crippen LogP contribution in [0.3, 0.4) is 0 Å². The minimum Gasteiger partial charge on any atom is -0.482 e. The van der Waals surface area contributed by atoms with Crippen molar-refractivity contribution in [3.05, 3.63) is 48.0 Å². The van der Waals surface area contributed by atoms with Gasteiger partial charge in [0.1, 0.15) is 5.75 Å². The largest absolute Gasteiger partial charge is 0.482 e. The van der Waals surface area contributed by atoms with Gasteiger partial charge in [0.15, 0.2) is 6.61 Å². The first kappa shape index (κ1) is 13.8. The molecule has 4 nitrogen and oxygen atoms in total. The zero-order chi connectivity index (χ0) is 14.7. The van der Waals surface area contributed by atoms with E-state index in [0.29, 0.717) is 11.4 Å². The Morgan fingerprint density at radius 2 is 2.05 bits per heavy atom. The Morgan fingerprint density at radius 1 is 1.24 bits per heavy atom. The van der Waals surface area contributed by atoms with E-state index in [0.717, 1.165) is 12.2 Å². The molecular weight excluding hydrogens is 284 g/mol. The van der Waals surface area contributed by atoms with Crippen molar-refractivity contribution >= 4 is 29.0 Å². The molecule has 1 amide bonds. The highest BCUT2D eigenvalue weighted by Gasteiger charge is 2.15. The topological polar surface area (TPSA) is 50.4 Å². The first-order chi connectivity index (χ1) is 10.2. The van der Waals surface area contributed by atoms with Crippen molar-refractivity contribution in [3.8, 4) is 5.75 Å². The molecule has 0 unspecified atom stereocenters. The fourth-order valence-electron chi connectivity index (χ4n) is 2.14. The molecule has 1 aliphatic heterocycles. The van der Waals surface area contributed by atoms with Gasteiger partial charge >= 0.3 is 0 Å². The Kier molecular flexibility index (Phi) is 4.01. The molecular formula is C16H16N2O2S. The zero-order valence-corrected chi connectivity index (χ0v) is 12.5. The van der Waals surface area contributed by atoms with E-state index in [1.165, 1.54) is 10.5 Å². The third-order valence-electron chi connectivity index (χ3n) is 3.27. The van der Waals surface area contributed by atoms with E-state index < -0.39 is 0 Å². The minimum atomic E-state index is -0.118. The SMILES string of the molecule is CSc1ccc(CNc2ccc3c(c2)NC(=O)CO3)cc1. The number of anilines is 2. The normalized spacial score (nSPS) is 13.1. The smallest absolute Gasteiger partial charge is 0.262 e. The van der Waals surface area contributed by atoms with Crippen LogP contribution in [-0.4, -0.2) is 18.8 Å². The molecule has 3 rings (SSSR count). The number of amides is 1. The summed E-state index contributed by atoms with van der Waals surface area (Å²) in [5.74, 6) is 0.594. The van der Waals surface area contributed by atoms with E-state index >= 15 is 0 Å². The lowest BCUT2D eigenvalue weighted by Crippen LogP contribution is -2.25. The molecule has 1 heterocycles. The van der Waals surface area contributed by atoms with Gasteiger partial charge in [-0.2, -0.15) is 0 Å². The number of carbonyl (C=O) groups is 1. The Balaban J connectivity index is 1.67. The summed E-state index contributed by atoms with van der Waals surface area (Å²) >= 11 is 1.73. The fraction of sp³-hybridized carbons (Fsp3) is 0.188. The number of thioether (sulfide) groups is 1. The summed E-state index contributed by atoms with van der Waals surface area (Å²) < 4.78 is 5.34. The van der Waals surface area contributed by atoms with Crippen LogP contribution >= 0.6 is 11.8 Å². The lowest BCUT2D eigenvalue weighted by molar-refractivity contribution is -0.118. The number of fused-ring (bicyclic) bond motifs is 1. The van der Waals surface area contributed by atoms with Crippen LogP contribution in [0.1, 0.15) is 5.56 Å². The first-order valence-corrected chi connectivity index (χ1v) is 7.90. The maximum Gasteiger partial charge on any atom is 0.262 e. The number of rotatable bonds is 4. The molecule has 0 fully saturated rings. The second-order valence-corrected chi connectivity index (χ2v) is 5.63. The molecule has 0 saturated carbocycles. The van der Waals surface area contributed by atoms with Crippen molar-refractivity contribution in [1.29, 1.82) is 0 Å². The van der Waals surface area contributed by atoms with Gasteiger partial charge in [-0.05, 0) is 42.2 Å². The lowest BCUT2D eigenvalue weighted by atomic mass is 10.2. The van der Waals surface area contributed by atoms with Crippen LogP contribution in [0, 0.1) is 0 Å². The number of hydrogen-bond donors (Lipinski definition) is 2. The standard InChI is InChI=1S/C16H16N2O2S/c1-21-13-5-2-11(3-6-13)9-17-12-4-7-15-14(8-12)18-16(19)10-20-15/h2-8,17H,9-10H2,1H3,(H,18,19). The number of carbonyl (C=O) groups excluding carboxylic acids is 1. The third kappa shape index (κ3) is 3.31. The maximum atomic E-state index is 11.3. The monoisotopic (exact) mass is 300 g/mol. The molecule has 2 aromatic rings. The minimum absolute atomic E-state index is 0.0849. The molecule has 0 aliphatic carbocycles. The van der Waals surface area contributed by atoms with Crippen LogP contribution in [0.15, 0.2) is 47.4 Å². The number of benzene rings is 2. The molecule has 21 heavy (non-hydrogen) atoms. The van der Waals surface area contributed by atoms with Gasteiger partial charge in [-0.1, -0.05) is 12.1 Å². The van der Waals surface area contributed by atoms with Gasteiger partial charge in [-0.3, -0.25) is 4.79 Å². The molecule has 2 N–H and O–H groups in total. The van der Waals surface area contributed by atoms with E-state index in [4.69, 9.17) is 4.74 Å². The molecule has 5 heteroatoms. The van der Waals surface area contributed by atoms with Gasteiger partial charge in [0, 0.05) is 17.1 Å². The van der Waals surface area contributed by atoms with Crippen molar-refractivity contribution in [1.82, 2.24) is 0 Å². The molecule has 0 spiro atoms. The number of ether oxygens (including phenoxy) is 1. The average Bonchev–Trinajstić information content (AvgIpc) is 2.53. The van der Waals surface area contributed by atoms with Gasteiger partial charge < -0.3 is 15.4 Å². The van der Waals surface area contributed by atoms with Crippen LogP contribution in [-0.2, 0) is 11.3 Å². The van der Waals surface area contributed by atoms with Crippen LogP contribution in [0.25, 0.3) is 0 Å². The molecule has 0 saturated heterocycles. The van der Waals surface area contributed by atoms with E-state index in [1.807, 2.05) is 18.2 Å². The van der Waals surface area contributed by atoms with Gasteiger partial charge in [-0.25, -0.2) is 0 Å². The quantitative estimate of drug-likeness (QED) is 0.850. The van der Waals surface area contributed by atoms with Crippen LogP contribution in [0.4, 0.5) is 11.4 Å².